The number of aromatic nitrogens is 1. The van der Waals surface area contributed by atoms with Crippen LogP contribution in [0.3, 0.4) is 0 Å². The number of benzene rings is 1. The molecule has 7 heteroatoms. The molecule has 162 valence electrons. The van der Waals surface area contributed by atoms with Crippen molar-refractivity contribution in [1.29, 1.82) is 0 Å². The number of methoxy groups -OCH3 is 1. The predicted octanol–water partition coefficient (Wildman–Crippen LogP) is 4.15. The zero-order chi connectivity index (χ0) is 22.1. The lowest BCUT2D eigenvalue weighted by Crippen LogP contribution is -2.31. The normalized spacial score (nSPS) is 10.4. The van der Waals surface area contributed by atoms with Crippen LogP contribution < -0.4 is 4.74 Å². The summed E-state index contributed by atoms with van der Waals surface area (Å²) >= 11 is 0. The quantitative estimate of drug-likeness (QED) is 0.574. The summed E-state index contributed by atoms with van der Waals surface area (Å²) in [7, 11) is 1.56. The van der Waals surface area contributed by atoms with Crippen molar-refractivity contribution >= 4 is 12.1 Å². The fourth-order valence-corrected chi connectivity index (χ4v) is 3.17. The van der Waals surface area contributed by atoms with Crippen molar-refractivity contribution < 1.29 is 23.8 Å². The van der Waals surface area contributed by atoms with Crippen molar-refractivity contribution in [3.8, 4) is 17.0 Å². The average molecular weight is 415 g/mol. The van der Waals surface area contributed by atoms with Gasteiger partial charge in [0.1, 0.15) is 0 Å². The standard InChI is InChI=1S/C23H30N2O5/c1-6-25(23(27)30-8-3)15-18-11-16(4)9-10-19(18)20-12-17(13-21(26)29-7-2)14-24-22(20)28-5/h9-12,14H,6-8,13,15H2,1-5H3. The molecular weight excluding hydrogens is 384 g/mol. The van der Waals surface area contributed by atoms with Crippen molar-refractivity contribution in [2.45, 2.75) is 40.7 Å². The van der Waals surface area contributed by atoms with Gasteiger partial charge in [-0.1, -0.05) is 23.8 Å². The number of pyridine rings is 1. The number of rotatable bonds is 9. The first-order chi connectivity index (χ1) is 14.4. The lowest BCUT2D eigenvalue weighted by atomic mass is 9.96. The van der Waals surface area contributed by atoms with E-state index in [1.165, 1.54) is 0 Å². The van der Waals surface area contributed by atoms with Gasteiger partial charge in [0.2, 0.25) is 5.88 Å². The SMILES string of the molecule is CCOC(=O)Cc1cnc(OC)c(-c2ccc(C)cc2CN(CC)C(=O)OCC)c1. The molecule has 0 aliphatic carbocycles. The number of hydrogen-bond acceptors (Lipinski definition) is 6. The minimum absolute atomic E-state index is 0.128. The summed E-state index contributed by atoms with van der Waals surface area (Å²) < 4.78 is 15.7. The first-order valence-corrected chi connectivity index (χ1v) is 10.1. The highest BCUT2D eigenvalue weighted by molar-refractivity contribution is 5.77. The molecule has 0 bridgehead atoms. The molecule has 0 radical (unpaired) electrons. The Morgan fingerprint density at radius 1 is 1.03 bits per heavy atom. The van der Waals surface area contributed by atoms with Gasteiger partial charge in [0.15, 0.2) is 0 Å². The topological polar surface area (TPSA) is 78.0 Å². The van der Waals surface area contributed by atoms with E-state index in [1.54, 1.807) is 32.1 Å². The number of ether oxygens (including phenoxy) is 3. The van der Waals surface area contributed by atoms with Crippen LogP contribution in [0.5, 0.6) is 5.88 Å². The van der Waals surface area contributed by atoms with Crippen LogP contribution in [0, 0.1) is 6.92 Å². The summed E-state index contributed by atoms with van der Waals surface area (Å²) in [6.07, 6.45) is 1.39. The van der Waals surface area contributed by atoms with Gasteiger partial charge in [0.25, 0.3) is 0 Å². The van der Waals surface area contributed by atoms with Crippen LogP contribution in [-0.2, 0) is 27.2 Å². The van der Waals surface area contributed by atoms with E-state index in [-0.39, 0.29) is 18.5 Å². The number of nitrogens with zero attached hydrogens (tertiary/aromatic N) is 2. The van der Waals surface area contributed by atoms with Crippen molar-refractivity contribution in [2.24, 2.45) is 0 Å². The van der Waals surface area contributed by atoms with Gasteiger partial charge in [-0.3, -0.25) is 4.79 Å². The highest BCUT2D eigenvalue weighted by atomic mass is 16.6. The molecule has 1 heterocycles. The van der Waals surface area contributed by atoms with E-state index in [2.05, 4.69) is 4.98 Å². The van der Waals surface area contributed by atoms with Crippen molar-refractivity contribution in [2.75, 3.05) is 26.9 Å². The minimum Gasteiger partial charge on any atom is -0.481 e. The second-order valence-corrected chi connectivity index (χ2v) is 6.76. The summed E-state index contributed by atoms with van der Waals surface area (Å²) in [4.78, 5) is 30.2. The third-order valence-corrected chi connectivity index (χ3v) is 4.57. The third-order valence-electron chi connectivity index (χ3n) is 4.57. The van der Waals surface area contributed by atoms with Gasteiger partial charge in [-0.2, -0.15) is 0 Å². The first-order valence-electron chi connectivity index (χ1n) is 10.1. The molecular formula is C23H30N2O5. The monoisotopic (exact) mass is 414 g/mol. The van der Waals surface area contributed by atoms with E-state index >= 15 is 0 Å². The zero-order valence-electron chi connectivity index (χ0n) is 18.4. The second kappa shape index (κ2) is 11.2. The molecule has 0 N–H and O–H groups in total. The summed E-state index contributed by atoms with van der Waals surface area (Å²) in [5, 5.41) is 0. The lowest BCUT2D eigenvalue weighted by molar-refractivity contribution is -0.142. The van der Waals surface area contributed by atoms with E-state index in [4.69, 9.17) is 14.2 Å². The van der Waals surface area contributed by atoms with Gasteiger partial charge in [-0.15, -0.1) is 0 Å². The number of carbonyl (C=O) groups excluding carboxylic acids is 2. The van der Waals surface area contributed by atoms with Gasteiger partial charge in [0.05, 0.1) is 26.7 Å². The molecule has 0 spiro atoms. The summed E-state index contributed by atoms with van der Waals surface area (Å²) in [5.41, 5.74) is 4.39. The fraction of sp³-hybridized carbons (Fsp3) is 0.435. The molecule has 0 atom stereocenters. The number of hydrogen-bond donors (Lipinski definition) is 0. The summed E-state index contributed by atoms with van der Waals surface area (Å²) in [5.74, 6) is 0.144. The fourth-order valence-electron chi connectivity index (χ4n) is 3.17. The van der Waals surface area contributed by atoms with Crippen LogP contribution in [0.2, 0.25) is 0 Å². The van der Waals surface area contributed by atoms with Crippen LogP contribution in [0.25, 0.3) is 11.1 Å². The van der Waals surface area contributed by atoms with E-state index in [0.29, 0.717) is 32.2 Å². The maximum absolute atomic E-state index is 12.3. The van der Waals surface area contributed by atoms with Crippen LogP contribution in [0.4, 0.5) is 4.79 Å². The zero-order valence-corrected chi connectivity index (χ0v) is 18.4. The van der Waals surface area contributed by atoms with E-state index < -0.39 is 0 Å². The molecule has 1 aromatic carbocycles. The highest BCUT2D eigenvalue weighted by Crippen LogP contribution is 2.33. The lowest BCUT2D eigenvalue weighted by Gasteiger charge is -2.22. The number of amides is 1. The summed E-state index contributed by atoms with van der Waals surface area (Å²) in [6, 6.07) is 7.90. The van der Waals surface area contributed by atoms with Gasteiger partial charge >= 0.3 is 12.1 Å². The molecule has 30 heavy (non-hydrogen) atoms. The molecule has 0 fully saturated rings. The first kappa shape index (κ1) is 23.2. The Morgan fingerprint density at radius 2 is 1.77 bits per heavy atom. The molecule has 0 aliphatic heterocycles. The Labute approximate surface area is 178 Å². The second-order valence-electron chi connectivity index (χ2n) is 6.76. The highest BCUT2D eigenvalue weighted by Gasteiger charge is 2.19. The molecule has 1 aromatic heterocycles. The molecule has 0 saturated carbocycles. The molecule has 7 nitrogen and oxygen atoms in total. The Bertz CT molecular complexity index is 882. The van der Waals surface area contributed by atoms with Gasteiger partial charge in [-0.25, -0.2) is 9.78 Å². The van der Waals surface area contributed by atoms with E-state index in [9.17, 15) is 9.59 Å². The number of carbonyl (C=O) groups is 2. The van der Waals surface area contributed by atoms with Crippen molar-refractivity contribution in [3.05, 3.63) is 47.2 Å². The van der Waals surface area contributed by atoms with Crippen LogP contribution in [0.15, 0.2) is 30.5 Å². The third kappa shape index (κ3) is 5.95. The van der Waals surface area contributed by atoms with Crippen LogP contribution in [-0.4, -0.2) is 48.8 Å². The molecule has 2 rings (SSSR count). The largest absolute Gasteiger partial charge is 0.481 e. The average Bonchev–Trinajstić information content (AvgIpc) is 2.72. The van der Waals surface area contributed by atoms with Crippen LogP contribution >= 0.6 is 0 Å². The minimum atomic E-state index is -0.353. The maximum Gasteiger partial charge on any atom is 0.410 e. The molecule has 0 unspecified atom stereocenters. The van der Waals surface area contributed by atoms with Crippen molar-refractivity contribution in [3.63, 3.8) is 0 Å². The maximum atomic E-state index is 12.3. The van der Waals surface area contributed by atoms with Gasteiger partial charge < -0.3 is 19.1 Å². The Morgan fingerprint density at radius 3 is 2.40 bits per heavy atom. The van der Waals surface area contributed by atoms with Crippen LogP contribution in [0.1, 0.15) is 37.5 Å². The predicted molar refractivity (Wildman–Crippen MR) is 114 cm³/mol. The number of aryl methyl sites for hydroxylation is 1. The Hall–Kier alpha value is -3.09. The Kier molecular flexibility index (Phi) is 8.65. The number of esters is 1. The molecule has 0 saturated heterocycles. The summed E-state index contributed by atoms with van der Waals surface area (Å²) in [6.45, 7) is 9.03. The van der Waals surface area contributed by atoms with E-state index in [0.717, 1.165) is 27.8 Å². The molecule has 0 aliphatic rings. The van der Waals surface area contributed by atoms with Gasteiger partial charge in [0, 0.05) is 24.8 Å². The smallest absolute Gasteiger partial charge is 0.410 e. The Balaban J connectivity index is 2.47. The molecule has 2 aromatic rings. The molecule has 1 amide bonds. The van der Waals surface area contributed by atoms with Gasteiger partial charge in [-0.05, 0) is 50.5 Å². The van der Waals surface area contributed by atoms with Crippen molar-refractivity contribution in [1.82, 2.24) is 9.88 Å². The van der Waals surface area contributed by atoms with E-state index in [1.807, 2.05) is 38.1 Å².